The zero-order chi connectivity index (χ0) is 14.4. The highest BCUT2D eigenvalue weighted by Gasteiger charge is 2.15. The van der Waals surface area contributed by atoms with Crippen molar-refractivity contribution >= 4 is 27.4 Å². The minimum absolute atomic E-state index is 0.0295. The first-order valence-corrected chi connectivity index (χ1v) is 6.82. The predicted molar refractivity (Wildman–Crippen MR) is 76.3 cm³/mol. The van der Waals surface area contributed by atoms with E-state index in [-0.39, 0.29) is 5.69 Å². The highest BCUT2D eigenvalue weighted by molar-refractivity contribution is 9.10. The Morgan fingerprint density at radius 3 is 2.80 bits per heavy atom. The number of unbranched alkanes of at least 4 members (excludes halogenated alkanes) is 1. The van der Waals surface area contributed by atoms with E-state index in [2.05, 4.69) is 36.4 Å². The lowest BCUT2D eigenvalue weighted by molar-refractivity contribution is -0.384. The molecule has 0 saturated heterocycles. The highest BCUT2D eigenvalue weighted by Crippen LogP contribution is 2.25. The van der Waals surface area contributed by atoms with Gasteiger partial charge in [0.2, 0.25) is 5.82 Å². The van der Waals surface area contributed by atoms with Gasteiger partial charge in [-0.05, 0) is 28.8 Å². The fourth-order valence-corrected chi connectivity index (χ4v) is 1.99. The van der Waals surface area contributed by atoms with Crippen LogP contribution >= 0.6 is 15.9 Å². The molecule has 8 nitrogen and oxygen atoms in total. The van der Waals surface area contributed by atoms with Gasteiger partial charge in [0, 0.05) is 29.8 Å². The van der Waals surface area contributed by atoms with Crippen molar-refractivity contribution < 1.29 is 4.92 Å². The van der Waals surface area contributed by atoms with Crippen LogP contribution in [0.15, 0.2) is 29.4 Å². The van der Waals surface area contributed by atoms with E-state index in [9.17, 15) is 10.1 Å². The van der Waals surface area contributed by atoms with Crippen LogP contribution in [0.3, 0.4) is 0 Å². The molecule has 0 unspecified atom stereocenters. The molecular formula is C11H13BrN6O2. The van der Waals surface area contributed by atoms with Crippen molar-refractivity contribution in [3.05, 3.63) is 39.5 Å². The summed E-state index contributed by atoms with van der Waals surface area (Å²) in [6.07, 6.45) is 6.65. The summed E-state index contributed by atoms with van der Waals surface area (Å²) in [5, 5.41) is 21.3. The van der Waals surface area contributed by atoms with E-state index in [1.165, 1.54) is 12.3 Å². The Balaban J connectivity index is 1.80. The van der Waals surface area contributed by atoms with E-state index < -0.39 is 4.92 Å². The Kier molecular flexibility index (Phi) is 4.99. The molecular weight excluding hydrogens is 328 g/mol. The Hall–Kier alpha value is -2.03. The number of hydrogen-bond acceptors (Lipinski definition) is 6. The molecule has 0 radical (unpaired) electrons. The molecule has 0 spiro atoms. The minimum atomic E-state index is -0.447. The number of aromatic nitrogens is 4. The lowest BCUT2D eigenvalue weighted by atomic mass is 10.3. The number of anilines is 1. The Labute approximate surface area is 123 Å². The van der Waals surface area contributed by atoms with Crippen molar-refractivity contribution in [1.82, 2.24) is 19.7 Å². The summed E-state index contributed by atoms with van der Waals surface area (Å²) in [5.74, 6) is 0.294. The molecule has 2 aromatic rings. The molecule has 0 aliphatic heterocycles. The smallest absolute Gasteiger partial charge is 0.312 e. The number of halogens is 1. The van der Waals surface area contributed by atoms with Crippen molar-refractivity contribution in [2.24, 2.45) is 0 Å². The second-order valence-electron chi connectivity index (χ2n) is 4.11. The number of pyridine rings is 1. The average Bonchev–Trinajstić information content (AvgIpc) is 2.92. The minimum Gasteiger partial charge on any atom is -0.364 e. The molecule has 1 N–H and O–H groups in total. The van der Waals surface area contributed by atoms with Gasteiger partial charge in [0.1, 0.15) is 12.7 Å². The maximum Gasteiger partial charge on any atom is 0.312 e. The summed E-state index contributed by atoms with van der Waals surface area (Å²) in [5.41, 5.74) is -0.0295. The molecule has 9 heteroatoms. The number of rotatable bonds is 7. The number of nitrogens with one attached hydrogen (secondary N) is 1. The van der Waals surface area contributed by atoms with Gasteiger partial charge in [-0.25, -0.2) is 4.98 Å². The molecule has 0 bridgehead atoms. The van der Waals surface area contributed by atoms with Gasteiger partial charge in [-0.3, -0.25) is 10.1 Å². The fourth-order valence-electron chi connectivity index (χ4n) is 1.67. The molecule has 0 saturated carbocycles. The maximum absolute atomic E-state index is 10.9. The highest BCUT2D eigenvalue weighted by atomic mass is 79.9. The molecule has 0 aliphatic rings. The van der Waals surface area contributed by atoms with E-state index >= 15 is 0 Å². The zero-order valence-electron chi connectivity index (χ0n) is 10.6. The molecule has 2 rings (SSSR count). The third-order valence-electron chi connectivity index (χ3n) is 2.63. The first kappa shape index (κ1) is 14.4. The van der Waals surface area contributed by atoms with Crippen molar-refractivity contribution in [1.29, 1.82) is 0 Å². The second-order valence-corrected chi connectivity index (χ2v) is 5.03. The van der Waals surface area contributed by atoms with Gasteiger partial charge >= 0.3 is 5.69 Å². The second kappa shape index (κ2) is 6.94. The predicted octanol–water partition coefficient (Wildman–Crippen LogP) is 2.24. The molecule has 0 aliphatic carbocycles. The van der Waals surface area contributed by atoms with Crippen LogP contribution in [-0.2, 0) is 6.54 Å². The van der Waals surface area contributed by atoms with Gasteiger partial charge in [-0.2, -0.15) is 0 Å². The molecule has 2 aromatic heterocycles. The van der Waals surface area contributed by atoms with Crippen molar-refractivity contribution in [2.45, 2.75) is 19.4 Å². The topological polar surface area (TPSA) is 98.8 Å². The van der Waals surface area contributed by atoms with Gasteiger partial charge in [0.15, 0.2) is 0 Å². The van der Waals surface area contributed by atoms with Crippen molar-refractivity contribution in [3.8, 4) is 0 Å². The molecule has 0 fully saturated rings. The normalized spacial score (nSPS) is 10.4. The summed E-state index contributed by atoms with van der Waals surface area (Å²) in [6.45, 7) is 1.45. The lowest BCUT2D eigenvalue weighted by Crippen LogP contribution is -2.07. The van der Waals surface area contributed by atoms with Crippen LogP contribution in [0.25, 0.3) is 0 Å². The zero-order valence-corrected chi connectivity index (χ0v) is 12.2. The van der Waals surface area contributed by atoms with Crippen LogP contribution in [0.5, 0.6) is 0 Å². The molecule has 0 amide bonds. The first-order valence-electron chi connectivity index (χ1n) is 6.03. The van der Waals surface area contributed by atoms with E-state index in [0.29, 0.717) is 16.8 Å². The Morgan fingerprint density at radius 2 is 2.10 bits per heavy atom. The number of hydrogen-bond donors (Lipinski definition) is 1. The summed E-state index contributed by atoms with van der Waals surface area (Å²) in [6, 6.07) is 1.44. The summed E-state index contributed by atoms with van der Waals surface area (Å²) < 4.78 is 2.47. The van der Waals surface area contributed by atoms with Crippen LogP contribution in [0, 0.1) is 10.1 Å². The third-order valence-corrected chi connectivity index (χ3v) is 3.07. The summed E-state index contributed by atoms with van der Waals surface area (Å²) in [4.78, 5) is 14.5. The molecule has 20 heavy (non-hydrogen) atoms. The van der Waals surface area contributed by atoms with E-state index in [0.717, 1.165) is 19.4 Å². The maximum atomic E-state index is 10.9. The van der Waals surface area contributed by atoms with Crippen LogP contribution < -0.4 is 5.32 Å². The Bertz CT molecular complexity index is 574. The van der Waals surface area contributed by atoms with Gasteiger partial charge < -0.3 is 9.88 Å². The fraction of sp³-hybridized carbons (Fsp3) is 0.364. The van der Waals surface area contributed by atoms with Gasteiger partial charge in [0.25, 0.3) is 0 Å². The van der Waals surface area contributed by atoms with Crippen LogP contribution in [0.2, 0.25) is 0 Å². The van der Waals surface area contributed by atoms with Crippen molar-refractivity contribution in [2.75, 3.05) is 11.9 Å². The Morgan fingerprint density at radius 1 is 1.35 bits per heavy atom. The van der Waals surface area contributed by atoms with Gasteiger partial charge in [-0.1, -0.05) is 0 Å². The number of aryl methyl sites for hydroxylation is 1. The van der Waals surface area contributed by atoms with E-state index in [1.54, 1.807) is 12.7 Å². The molecule has 0 aromatic carbocycles. The SMILES string of the molecule is O=[N+]([O-])c1cc(Br)cnc1NCCCCn1cnnc1. The lowest BCUT2D eigenvalue weighted by Gasteiger charge is -2.06. The molecule has 106 valence electrons. The van der Waals surface area contributed by atoms with Crippen LogP contribution in [0.1, 0.15) is 12.8 Å². The largest absolute Gasteiger partial charge is 0.364 e. The number of nitro groups is 1. The van der Waals surface area contributed by atoms with Gasteiger partial charge in [-0.15, -0.1) is 10.2 Å². The van der Waals surface area contributed by atoms with E-state index in [4.69, 9.17) is 0 Å². The van der Waals surface area contributed by atoms with Crippen molar-refractivity contribution in [3.63, 3.8) is 0 Å². The monoisotopic (exact) mass is 340 g/mol. The summed E-state index contributed by atoms with van der Waals surface area (Å²) >= 11 is 3.17. The van der Waals surface area contributed by atoms with Crippen LogP contribution in [0.4, 0.5) is 11.5 Å². The van der Waals surface area contributed by atoms with Gasteiger partial charge in [0.05, 0.1) is 4.92 Å². The number of nitrogens with zero attached hydrogens (tertiary/aromatic N) is 5. The first-order chi connectivity index (χ1) is 9.66. The standard InChI is InChI=1S/C11H13BrN6O2/c12-9-5-10(18(19)20)11(14-6-9)13-3-1-2-4-17-7-15-16-8-17/h5-8H,1-4H2,(H,13,14). The molecule has 0 atom stereocenters. The van der Waals surface area contributed by atoms with Crippen LogP contribution in [-0.4, -0.2) is 31.2 Å². The van der Waals surface area contributed by atoms with E-state index in [1.807, 2.05) is 4.57 Å². The molecule has 2 heterocycles. The average molecular weight is 341 g/mol. The quantitative estimate of drug-likeness (QED) is 0.471. The third kappa shape index (κ3) is 3.98. The summed E-state index contributed by atoms with van der Waals surface area (Å²) in [7, 11) is 0.